The van der Waals surface area contributed by atoms with Crippen molar-refractivity contribution in [3.8, 4) is 0 Å². The minimum absolute atomic E-state index is 0.325. The predicted molar refractivity (Wildman–Crippen MR) is 101 cm³/mol. The van der Waals surface area contributed by atoms with Crippen molar-refractivity contribution in [1.29, 1.82) is 0 Å². The van der Waals surface area contributed by atoms with E-state index >= 15 is 0 Å². The van der Waals surface area contributed by atoms with Gasteiger partial charge in [0.1, 0.15) is 11.5 Å². The molecule has 3 rings (SSSR count). The second kappa shape index (κ2) is 11.2. The molecule has 0 bridgehead atoms. The summed E-state index contributed by atoms with van der Waals surface area (Å²) in [5.41, 5.74) is 0.325. The molecule has 0 spiro atoms. The number of fused-ring (bicyclic) bond motifs is 1. The third kappa shape index (κ3) is 9.21. The SMILES string of the molecule is Cc1ccc(CN2C[C@@H]3COC[C@]3(CN(C)C)C2)o1.O=C(O)C(F)(F)F.O=C(O)C(F)(F)F. The molecular formula is C19H26F6N2O6. The highest BCUT2D eigenvalue weighted by molar-refractivity contribution is 5.73. The Balaban J connectivity index is 0.000000324. The van der Waals surface area contributed by atoms with Gasteiger partial charge in [0.25, 0.3) is 0 Å². The first-order valence-corrected chi connectivity index (χ1v) is 9.56. The van der Waals surface area contributed by atoms with E-state index in [4.69, 9.17) is 29.0 Å². The predicted octanol–water partition coefficient (Wildman–Crippen LogP) is 2.86. The van der Waals surface area contributed by atoms with Crippen molar-refractivity contribution in [3.63, 3.8) is 0 Å². The van der Waals surface area contributed by atoms with E-state index in [0.29, 0.717) is 11.3 Å². The van der Waals surface area contributed by atoms with E-state index < -0.39 is 24.3 Å². The number of aryl methyl sites for hydroxylation is 1. The fraction of sp³-hybridized carbons (Fsp3) is 0.684. The van der Waals surface area contributed by atoms with Crippen molar-refractivity contribution in [2.75, 3.05) is 46.9 Å². The van der Waals surface area contributed by atoms with E-state index in [0.717, 1.165) is 50.9 Å². The smallest absolute Gasteiger partial charge is 0.475 e. The Morgan fingerprint density at radius 1 is 1.12 bits per heavy atom. The summed E-state index contributed by atoms with van der Waals surface area (Å²) in [7, 11) is 4.31. The van der Waals surface area contributed by atoms with Crippen molar-refractivity contribution in [1.82, 2.24) is 9.80 Å². The van der Waals surface area contributed by atoms with E-state index in [1.807, 2.05) is 13.0 Å². The largest absolute Gasteiger partial charge is 0.490 e. The van der Waals surface area contributed by atoms with Crippen LogP contribution in [0.4, 0.5) is 26.3 Å². The molecule has 3 heterocycles. The number of furan rings is 1. The Kier molecular flexibility index (Phi) is 9.75. The molecule has 2 saturated heterocycles. The lowest BCUT2D eigenvalue weighted by molar-refractivity contribution is -0.193. The molecule has 0 aliphatic carbocycles. The van der Waals surface area contributed by atoms with Crippen LogP contribution in [0.2, 0.25) is 0 Å². The second-order valence-corrected chi connectivity index (χ2v) is 8.10. The summed E-state index contributed by atoms with van der Waals surface area (Å²) < 4.78 is 74.9. The Hall–Kier alpha value is -2.32. The van der Waals surface area contributed by atoms with Crippen LogP contribution in [0.1, 0.15) is 11.5 Å². The summed E-state index contributed by atoms with van der Waals surface area (Å²) in [4.78, 5) is 22.6. The first-order chi connectivity index (χ1) is 15.0. The van der Waals surface area contributed by atoms with E-state index in [1.54, 1.807) is 0 Å². The standard InChI is InChI=1S/C15H24N2O2.2C2HF3O2/c1-12-4-5-14(19-12)7-17-6-13-8-18-11-15(13,10-17)9-16(2)3;2*3-2(4,5)1(6)7/h4-5,13H,6-11H2,1-3H3;2*(H,6,7)/t13-,15+;;/m1../s1. The summed E-state index contributed by atoms with van der Waals surface area (Å²) >= 11 is 0. The molecule has 0 aromatic carbocycles. The summed E-state index contributed by atoms with van der Waals surface area (Å²) in [5.74, 6) is -2.76. The van der Waals surface area contributed by atoms with Crippen molar-refractivity contribution >= 4 is 11.9 Å². The monoisotopic (exact) mass is 492 g/mol. The van der Waals surface area contributed by atoms with Crippen LogP contribution >= 0.6 is 0 Å². The zero-order valence-corrected chi connectivity index (χ0v) is 18.2. The quantitative estimate of drug-likeness (QED) is 0.619. The number of aliphatic carboxylic acids is 2. The first kappa shape index (κ1) is 28.7. The molecule has 0 amide bonds. The number of nitrogens with zero attached hydrogens (tertiary/aromatic N) is 2. The van der Waals surface area contributed by atoms with Crippen LogP contribution in [-0.2, 0) is 20.9 Å². The Morgan fingerprint density at radius 3 is 2.03 bits per heavy atom. The number of carboxylic acids is 2. The Bertz CT molecular complexity index is 770. The molecule has 33 heavy (non-hydrogen) atoms. The highest BCUT2D eigenvalue weighted by atomic mass is 19.4. The third-order valence-corrected chi connectivity index (χ3v) is 4.88. The van der Waals surface area contributed by atoms with Gasteiger partial charge >= 0.3 is 24.3 Å². The zero-order chi connectivity index (χ0) is 25.6. The topological polar surface area (TPSA) is 103 Å². The van der Waals surface area contributed by atoms with Gasteiger partial charge in [0.2, 0.25) is 0 Å². The molecule has 0 radical (unpaired) electrons. The molecule has 0 unspecified atom stereocenters. The van der Waals surface area contributed by atoms with Gasteiger partial charge in [-0.25, -0.2) is 9.59 Å². The molecule has 14 heteroatoms. The lowest BCUT2D eigenvalue weighted by Crippen LogP contribution is -2.40. The number of alkyl halides is 6. The summed E-state index contributed by atoms with van der Waals surface area (Å²) in [6.07, 6.45) is -10.2. The van der Waals surface area contributed by atoms with Crippen molar-refractivity contribution in [3.05, 3.63) is 23.7 Å². The number of rotatable bonds is 4. The van der Waals surface area contributed by atoms with Gasteiger partial charge in [0.15, 0.2) is 0 Å². The van der Waals surface area contributed by atoms with Gasteiger partial charge in [-0.05, 0) is 33.2 Å². The third-order valence-electron chi connectivity index (χ3n) is 4.88. The molecule has 0 saturated carbocycles. The highest BCUT2D eigenvalue weighted by Gasteiger charge is 2.50. The van der Waals surface area contributed by atoms with Crippen LogP contribution in [0.5, 0.6) is 0 Å². The highest BCUT2D eigenvalue weighted by Crippen LogP contribution is 2.42. The van der Waals surface area contributed by atoms with Crippen molar-refractivity contribution in [2.45, 2.75) is 25.8 Å². The number of halogens is 6. The first-order valence-electron chi connectivity index (χ1n) is 9.56. The number of hydrogen-bond donors (Lipinski definition) is 2. The van der Waals surface area contributed by atoms with E-state index in [1.165, 1.54) is 0 Å². The molecule has 2 aliphatic rings. The fourth-order valence-corrected chi connectivity index (χ4v) is 3.71. The van der Waals surface area contributed by atoms with Crippen LogP contribution in [-0.4, -0.2) is 91.2 Å². The number of carbonyl (C=O) groups is 2. The number of hydrogen-bond acceptors (Lipinski definition) is 6. The minimum atomic E-state index is -5.08. The lowest BCUT2D eigenvalue weighted by atomic mass is 9.81. The van der Waals surface area contributed by atoms with E-state index in [9.17, 15) is 26.3 Å². The lowest BCUT2D eigenvalue weighted by Gasteiger charge is -2.30. The Morgan fingerprint density at radius 2 is 1.64 bits per heavy atom. The number of carboxylic acid groups (broad SMARTS) is 2. The molecule has 1 aromatic heterocycles. The molecule has 2 N–H and O–H groups in total. The summed E-state index contributed by atoms with van der Waals surface area (Å²) in [6, 6.07) is 4.14. The van der Waals surface area contributed by atoms with Crippen molar-refractivity contribution < 1.29 is 55.3 Å². The van der Waals surface area contributed by atoms with Gasteiger partial charge in [-0.3, -0.25) is 4.90 Å². The Labute approximate surface area is 185 Å². The second-order valence-electron chi connectivity index (χ2n) is 8.10. The minimum Gasteiger partial charge on any atom is -0.475 e. The van der Waals surface area contributed by atoms with Gasteiger partial charge in [0.05, 0.1) is 19.8 Å². The molecular weight excluding hydrogens is 466 g/mol. The number of ether oxygens (including phenoxy) is 1. The van der Waals surface area contributed by atoms with Gasteiger partial charge < -0.3 is 24.3 Å². The van der Waals surface area contributed by atoms with Gasteiger partial charge in [-0.1, -0.05) is 0 Å². The zero-order valence-electron chi connectivity index (χ0n) is 18.2. The molecule has 2 aliphatic heterocycles. The molecule has 2 atom stereocenters. The number of likely N-dealkylation sites (tertiary alicyclic amines) is 1. The maximum atomic E-state index is 10.6. The van der Waals surface area contributed by atoms with Gasteiger partial charge in [-0.15, -0.1) is 0 Å². The summed E-state index contributed by atoms with van der Waals surface area (Å²) in [6.45, 7) is 8.13. The molecule has 190 valence electrons. The van der Waals surface area contributed by atoms with Crippen LogP contribution in [0.25, 0.3) is 0 Å². The van der Waals surface area contributed by atoms with Gasteiger partial charge in [0, 0.05) is 31.0 Å². The normalized spacial score (nSPS) is 22.8. The van der Waals surface area contributed by atoms with Gasteiger partial charge in [-0.2, -0.15) is 26.3 Å². The maximum absolute atomic E-state index is 10.6. The van der Waals surface area contributed by atoms with Crippen LogP contribution in [0.3, 0.4) is 0 Å². The molecule has 8 nitrogen and oxygen atoms in total. The van der Waals surface area contributed by atoms with Crippen LogP contribution in [0.15, 0.2) is 16.5 Å². The van der Waals surface area contributed by atoms with Crippen LogP contribution in [0, 0.1) is 18.3 Å². The average Bonchev–Trinajstić information content (AvgIpc) is 3.28. The van der Waals surface area contributed by atoms with Crippen LogP contribution < -0.4 is 0 Å². The van der Waals surface area contributed by atoms with E-state index in [2.05, 4.69) is 30.0 Å². The molecule has 1 aromatic rings. The maximum Gasteiger partial charge on any atom is 0.490 e. The molecule has 2 fully saturated rings. The average molecular weight is 492 g/mol. The fourth-order valence-electron chi connectivity index (χ4n) is 3.71. The van der Waals surface area contributed by atoms with Crippen molar-refractivity contribution in [2.24, 2.45) is 11.3 Å². The van der Waals surface area contributed by atoms with E-state index in [-0.39, 0.29) is 0 Å². The summed E-state index contributed by atoms with van der Waals surface area (Å²) in [5, 5.41) is 14.2.